The smallest absolute Gasteiger partial charge is 0.0953 e. The lowest BCUT2D eigenvalue weighted by Gasteiger charge is -2.28. The van der Waals surface area contributed by atoms with Gasteiger partial charge in [0.25, 0.3) is 0 Å². The molecule has 1 rings (SSSR count). The van der Waals surface area contributed by atoms with E-state index in [1.54, 1.807) is 0 Å². The Balaban J connectivity index is 2.54. The summed E-state index contributed by atoms with van der Waals surface area (Å²) in [6, 6.07) is 0. The largest absolute Gasteiger partial charge is 0.307 e. The van der Waals surface area contributed by atoms with Crippen molar-refractivity contribution in [1.82, 2.24) is 10.3 Å². The van der Waals surface area contributed by atoms with Gasteiger partial charge in [-0.2, -0.15) is 0 Å². The Morgan fingerprint density at radius 2 is 2.00 bits per heavy atom. The molecule has 3 heteroatoms. The molecule has 92 valence electrons. The van der Waals surface area contributed by atoms with E-state index in [0.29, 0.717) is 5.92 Å². The van der Waals surface area contributed by atoms with Crippen LogP contribution in [-0.2, 0) is 6.54 Å². The van der Waals surface area contributed by atoms with E-state index in [0.717, 1.165) is 6.54 Å². The number of rotatable bonds is 6. The first-order chi connectivity index (χ1) is 7.50. The zero-order valence-electron chi connectivity index (χ0n) is 11.1. The second-order valence-electron chi connectivity index (χ2n) is 4.94. The first-order valence-corrected chi connectivity index (χ1v) is 7.02. The van der Waals surface area contributed by atoms with Crippen molar-refractivity contribution in [3.05, 3.63) is 16.1 Å². The molecule has 0 aliphatic carbocycles. The van der Waals surface area contributed by atoms with E-state index in [1.807, 2.05) is 17.5 Å². The molecule has 0 amide bonds. The van der Waals surface area contributed by atoms with Crippen LogP contribution < -0.4 is 5.32 Å². The van der Waals surface area contributed by atoms with Crippen LogP contribution in [-0.4, -0.2) is 10.5 Å². The molecule has 0 aliphatic rings. The third kappa shape index (κ3) is 3.56. The molecule has 16 heavy (non-hydrogen) atoms. The quantitative estimate of drug-likeness (QED) is 0.815. The van der Waals surface area contributed by atoms with E-state index in [4.69, 9.17) is 0 Å². The summed E-state index contributed by atoms with van der Waals surface area (Å²) in [5.41, 5.74) is 0.266. The molecule has 0 aromatic carbocycles. The highest BCUT2D eigenvalue weighted by Gasteiger charge is 2.18. The van der Waals surface area contributed by atoms with E-state index in [9.17, 15) is 0 Å². The summed E-state index contributed by atoms with van der Waals surface area (Å²) in [4.78, 5) is 5.79. The number of hydrogen-bond acceptors (Lipinski definition) is 3. The fourth-order valence-electron chi connectivity index (χ4n) is 1.47. The van der Waals surface area contributed by atoms with Gasteiger partial charge in [0.15, 0.2) is 0 Å². The van der Waals surface area contributed by atoms with Crippen LogP contribution in [0.4, 0.5) is 0 Å². The van der Waals surface area contributed by atoms with Gasteiger partial charge in [-0.15, -0.1) is 11.3 Å². The second-order valence-corrected chi connectivity index (χ2v) is 6.09. The predicted octanol–water partition coefficient (Wildman–Crippen LogP) is 3.93. The number of thiazole rings is 1. The van der Waals surface area contributed by atoms with Crippen molar-refractivity contribution < 1.29 is 0 Å². The Hall–Kier alpha value is -0.410. The third-order valence-corrected chi connectivity index (χ3v) is 4.61. The van der Waals surface area contributed by atoms with Gasteiger partial charge in [-0.25, -0.2) is 4.98 Å². The maximum Gasteiger partial charge on any atom is 0.0953 e. The lowest BCUT2D eigenvalue weighted by atomic mass is 9.96. The lowest BCUT2D eigenvalue weighted by Crippen LogP contribution is -2.40. The summed E-state index contributed by atoms with van der Waals surface area (Å²) in [5, 5.41) is 4.88. The lowest BCUT2D eigenvalue weighted by molar-refractivity contribution is 0.330. The van der Waals surface area contributed by atoms with E-state index in [2.05, 4.69) is 44.9 Å². The minimum absolute atomic E-state index is 0.266. The maximum absolute atomic E-state index is 4.45. The van der Waals surface area contributed by atoms with Crippen LogP contribution in [0.15, 0.2) is 6.20 Å². The monoisotopic (exact) mass is 240 g/mol. The molecule has 0 aliphatic heterocycles. The van der Waals surface area contributed by atoms with Gasteiger partial charge < -0.3 is 5.32 Å². The van der Waals surface area contributed by atoms with Gasteiger partial charge in [0.2, 0.25) is 0 Å². The number of nitrogens with zero attached hydrogens (tertiary/aromatic N) is 1. The molecule has 0 atom stereocenters. The van der Waals surface area contributed by atoms with Gasteiger partial charge in [-0.05, 0) is 19.8 Å². The number of aromatic nitrogens is 1. The summed E-state index contributed by atoms with van der Waals surface area (Å²) in [6.45, 7) is 12.1. The van der Waals surface area contributed by atoms with Crippen LogP contribution in [0.3, 0.4) is 0 Å². The molecule has 1 heterocycles. The minimum atomic E-state index is 0.266. The SMILES string of the molecule is CCC(C)(CC)NCc1cnc(C(C)C)s1. The summed E-state index contributed by atoms with van der Waals surface area (Å²) in [5.74, 6) is 0.544. The Morgan fingerprint density at radius 3 is 2.44 bits per heavy atom. The van der Waals surface area contributed by atoms with Crippen LogP contribution in [0.25, 0.3) is 0 Å². The van der Waals surface area contributed by atoms with Crippen LogP contribution in [0.2, 0.25) is 0 Å². The highest BCUT2D eigenvalue weighted by Crippen LogP contribution is 2.22. The van der Waals surface area contributed by atoms with Gasteiger partial charge in [0.1, 0.15) is 0 Å². The molecule has 2 nitrogen and oxygen atoms in total. The van der Waals surface area contributed by atoms with E-state index < -0.39 is 0 Å². The Labute approximate surface area is 103 Å². The standard InChI is InChI=1S/C13H24N2S/c1-6-13(5,7-2)15-9-11-8-14-12(16-11)10(3)4/h8,10,15H,6-7,9H2,1-5H3. The Bertz CT molecular complexity index is 313. The van der Waals surface area contributed by atoms with Crippen molar-refractivity contribution in [2.45, 2.75) is 65.5 Å². The summed E-state index contributed by atoms with van der Waals surface area (Å²) in [7, 11) is 0. The molecule has 0 spiro atoms. The topological polar surface area (TPSA) is 24.9 Å². The Morgan fingerprint density at radius 1 is 1.38 bits per heavy atom. The summed E-state index contributed by atoms with van der Waals surface area (Å²) in [6.07, 6.45) is 4.34. The molecule has 0 fully saturated rings. The fraction of sp³-hybridized carbons (Fsp3) is 0.769. The van der Waals surface area contributed by atoms with Crippen molar-refractivity contribution in [3.8, 4) is 0 Å². The molecule has 0 bridgehead atoms. The van der Waals surface area contributed by atoms with Gasteiger partial charge in [0, 0.05) is 29.1 Å². The van der Waals surface area contributed by atoms with Gasteiger partial charge in [0.05, 0.1) is 5.01 Å². The normalized spacial score (nSPS) is 12.4. The van der Waals surface area contributed by atoms with E-state index in [1.165, 1.54) is 22.7 Å². The first-order valence-electron chi connectivity index (χ1n) is 6.20. The highest BCUT2D eigenvalue weighted by atomic mass is 32.1. The van der Waals surface area contributed by atoms with Crippen LogP contribution in [0, 0.1) is 0 Å². The van der Waals surface area contributed by atoms with Crippen LogP contribution in [0.5, 0.6) is 0 Å². The van der Waals surface area contributed by atoms with E-state index in [-0.39, 0.29) is 5.54 Å². The second kappa shape index (κ2) is 5.78. The molecule has 0 saturated carbocycles. The highest BCUT2D eigenvalue weighted by molar-refractivity contribution is 7.11. The van der Waals surface area contributed by atoms with Crippen molar-refractivity contribution in [2.75, 3.05) is 0 Å². The maximum atomic E-state index is 4.45. The number of nitrogens with one attached hydrogen (secondary N) is 1. The molecule has 0 saturated heterocycles. The molecule has 1 N–H and O–H groups in total. The Kier molecular flexibility index (Phi) is 4.93. The minimum Gasteiger partial charge on any atom is -0.307 e. The first kappa shape index (κ1) is 13.7. The fourth-order valence-corrected chi connectivity index (χ4v) is 2.33. The van der Waals surface area contributed by atoms with Gasteiger partial charge >= 0.3 is 0 Å². The molecular formula is C13H24N2S. The summed E-state index contributed by atoms with van der Waals surface area (Å²) < 4.78 is 0. The van der Waals surface area contributed by atoms with Crippen molar-refractivity contribution >= 4 is 11.3 Å². The zero-order chi connectivity index (χ0) is 12.2. The molecule has 0 unspecified atom stereocenters. The summed E-state index contributed by atoms with van der Waals surface area (Å²) >= 11 is 1.83. The van der Waals surface area contributed by atoms with Crippen molar-refractivity contribution in [3.63, 3.8) is 0 Å². The molecule has 0 radical (unpaired) electrons. The third-order valence-electron chi connectivity index (χ3n) is 3.32. The predicted molar refractivity (Wildman–Crippen MR) is 72.0 cm³/mol. The van der Waals surface area contributed by atoms with Crippen LogP contribution in [0.1, 0.15) is 63.3 Å². The number of hydrogen-bond donors (Lipinski definition) is 1. The molecule has 1 aromatic heterocycles. The van der Waals surface area contributed by atoms with E-state index >= 15 is 0 Å². The van der Waals surface area contributed by atoms with Gasteiger partial charge in [-0.1, -0.05) is 27.7 Å². The molecule has 1 aromatic rings. The van der Waals surface area contributed by atoms with Crippen molar-refractivity contribution in [1.29, 1.82) is 0 Å². The average Bonchev–Trinajstić information content (AvgIpc) is 2.75. The van der Waals surface area contributed by atoms with Gasteiger partial charge in [-0.3, -0.25) is 0 Å². The van der Waals surface area contributed by atoms with Crippen LogP contribution >= 0.6 is 11.3 Å². The zero-order valence-corrected chi connectivity index (χ0v) is 11.9. The average molecular weight is 240 g/mol. The van der Waals surface area contributed by atoms with Crippen molar-refractivity contribution in [2.24, 2.45) is 0 Å². The molecular weight excluding hydrogens is 216 g/mol.